The standard InChI is InChI=1S/C22H34N2O3/c1-3-5-14-27-20-9-8-18(15-21(20)26-4-2)22(25)24-12-10-19(11-13-24)23-16-17-6-7-17/h8-9,15,17,19,23H,3-7,10-14,16H2,1-2H3. The molecule has 1 saturated heterocycles. The summed E-state index contributed by atoms with van der Waals surface area (Å²) in [5.41, 5.74) is 0.686. The Hall–Kier alpha value is -1.75. The van der Waals surface area contributed by atoms with Gasteiger partial charge in [-0.1, -0.05) is 13.3 Å². The Kier molecular flexibility index (Phi) is 7.39. The Morgan fingerprint density at radius 2 is 1.89 bits per heavy atom. The van der Waals surface area contributed by atoms with Crippen LogP contribution < -0.4 is 14.8 Å². The molecule has 0 bridgehead atoms. The van der Waals surface area contributed by atoms with Gasteiger partial charge in [-0.3, -0.25) is 4.79 Å². The number of nitrogens with zero attached hydrogens (tertiary/aromatic N) is 1. The van der Waals surface area contributed by atoms with E-state index in [1.165, 1.54) is 12.8 Å². The van der Waals surface area contributed by atoms with Crippen LogP contribution >= 0.6 is 0 Å². The summed E-state index contributed by atoms with van der Waals surface area (Å²) in [7, 11) is 0. The number of benzene rings is 1. The molecule has 0 aromatic heterocycles. The Labute approximate surface area is 163 Å². The molecular formula is C22H34N2O3. The Bertz CT molecular complexity index is 608. The summed E-state index contributed by atoms with van der Waals surface area (Å²) in [6, 6.07) is 6.13. The van der Waals surface area contributed by atoms with Gasteiger partial charge < -0.3 is 19.7 Å². The molecule has 5 nitrogen and oxygen atoms in total. The monoisotopic (exact) mass is 374 g/mol. The number of piperidine rings is 1. The third-order valence-electron chi connectivity index (χ3n) is 5.42. The summed E-state index contributed by atoms with van der Waals surface area (Å²) in [5.74, 6) is 2.39. The number of amides is 1. The third-order valence-corrected chi connectivity index (χ3v) is 5.42. The fraction of sp³-hybridized carbons (Fsp3) is 0.682. The number of nitrogens with one attached hydrogen (secondary N) is 1. The molecule has 1 aromatic carbocycles. The van der Waals surface area contributed by atoms with Crippen molar-refractivity contribution in [2.24, 2.45) is 5.92 Å². The zero-order valence-corrected chi connectivity index (χ0v) is 16.8. The van der Waals surface area contributed by atoms with Crippen molar-refractivity contribution >= 4 is 5.91 Å². The lowest BCUT2D eigenvalue weighted by Crippen LogP contribution is -2.45. The molecule has 0 atom stereocenters. The zero-order chi connectivity index (χ0) is 19.1. The Morgan fingerprint density at radius 1 is 1.11 bits per heavy atom. The van der Waals surface area contributed by atoms with Gasteiger partial charge in [0.05, 0.1) is 13.2 Å². The highest BCUT2D eigenvalue weighted by Crippen LogP contribution is 2.30. The van der Waals surface area contributed by atoms with Gasteiger partial charge in [-0.2, -0.15) is 0 Å². The average Bonchev–Trinajstić information content (AvgIpc) is 3.52. The van der Waals surface area contributed by atoms with Gasteiger partial charge in [0.2, 0.25) is 0 Å². The second kappa shape index (κ2) is 9.98. The van der Waals surface area contributed by atoms with E-state index in [-0.39, 0.29) is 5.91 Å². The first kappa shape index (κ1) is 20.0. The van der Waals surface area contributed by atoms with Crippen molar-refractivity contribution in [3.05, 3.63) is 23.8 Å². The lowest BCUT2D eigenvalue weighted by molar-refractivity contribution is 0.0704. The van der Waals surface area contributed by atoms with E-state index in [9.17, 15) is 4.79 Å². The predicted molar refractivity (Wildman–Crippen MR) is 108 cm³/mol. The number of rotatable bonds is 10. The average molecular weight is 375 g/mol. The van der Waals surface area contributed by atoms with Crippen LogP contribution in [0.15, 0.2) is 18.2 Å². The summed E-state index contributed by atoms with van der Waals surface area (Å²) in [4.78, 5) is 14.9. The molecule has 1 heterocycles. The molecule has 1 saturated carbocycles. The summed E-state index contributed by atoms with van der Waals surface area (Å²) < 4.78 is 11.5. The molecule has 2 fully saturated rings. The molecule has 1 aromatic rings. The third kappa shape index (κ3) is 5.86. The molecule has 0 radical (unpaired) electrons. The van der Waals surface area contributed by atoms with Gasteiger partial charge >= 0.3 is 0 Å². The van der Waals surface area contributed by atoms with Crippen molar-refractivity contribution in [3.8, 4) is 11.5 Å². The lowest BCUT2D eigenvalue weighted by Gasteiger charge is -2.32. The summed E-state index contributed by atoms with van der Waals surface area (Å²) in [6.07, 6.45) is 6.93. The smallest absolute Gasteiger partial charge is 0.253 e. The minimum absolute atomic E-state index is 0.0942. The van der Waals surface area contributed by atoms with E-state index < -0.39 is 0 Å². The van der Waals surface area contributed by atoms with Crippen molar-refractivity contribution in [1.82, 2.24) is 10.2 Å². The van der Waals surface area contributed by atoms with Crippen molar-refractivity contribution in [2.75, 3.05) is 32.8 Å². The zero-order valence-electron chi connectivity index (χ0n) is 16.8. The van der Waals surface area contributed by atoms with Crippen LogP contribution in [0.1, 0.15) is 62.7 Å². The van der Waals surface area contributed by atoms with Crippen LogP contribution in [0.3, 0.4) is 0 Å². The molecule has 3 rings (SSSR count). The predicted octanol–water partition coefficient (Wildman–Crippen LogP) is 3.87. The van der Waals surface area contributed by atoms with Gasteiger partial charge in [-0.25, -0.2) is 0 Å². The van der Waals surface area contributed by atoms with Crippen molar-refractivity contribution in [1.29, 1.82) is 0 Å². The van der Waals surface area contributed by atoms with Gasteiger partial charge in [0, 0.05) is 24.7 Å². The molecule has 0 unspecified atom stereocenters. The maximum Gasteiger partial charge on any atom is 0.253 e. The summed E-state index contributed by atoms with van der Waals surface area (Å²) in [6.45, 7) is 8.10. The number of hydrogen-bond donors (Lipinski definition) is 1. The molecule has 1 N–H and O–H groups in total. The van der Waals surface area contributed by atoms with Crippen LogP contribution in [0.5, 0.6) is 11.5 Å². The largest absolute Gasteiger partial charge is 0.490 e. The topological polar surface area (TPSA) is 50.8 Å². The van der Waals surface area contributed by atoms with Crippen molar-refractivity contribution < 1.29 is 14.3 Å². The number of carbonyl (C=O) groups excluding carboxylic acids is 1. The summed E-state index contributed by atoms with van der Waals surface area (Å²) >= 11 is 0. The van der Waals surface area contributed by atoms with Crippen LogP contribution in [0.4, 0.5) is 0 Å². The second-order valence-corrected chi connectivity index (χ2v) is 7.71. The normalized spacial score (nSPS) is 17.8. The van der Waals surface area contributed by atoms with E-state index in [0.717, 1.165) is 57.0 Å². The van der Waals surface area contributed by atoms with Crippen molar-refractivity contribution in [2.45, 2.75) is 58.4 Å². The van der Waals surface area contributed by atoms with Gasteiger partial charge in [-0.05, 0) is 69.7 Å². The van der Waals surface area contributed by atoms with E-state index in [1.54, 1.807) is 0 Å². The fourth-order valence-electron chi connectivity index (χ4n) is 3.48. The van der Waals surface area contributed by atoms with Crippen LogP contribution in [0.2, 0.25) is 0 Å². The maximum absolute atomic E-state index is 12.9. The van der Waals surface area contributed by atoms with Crippen LogP contribution in [0.25, 0.3) is 0 Å². The molecular weight excluding hydrogens is 340 g/mol. The van der Waals surface area contributed by atoms with Crippen LogP contribution in [-0.2, 0) is 0 Å². The first-order valence-corrected chi connectivity index (χ1v) is 10.6. The molecule has 5 heteroatoms. The first-order chi connectivity index (χ1) is 13.2. The molecule has 1 aliphatic heterocycles. The quantitative estimate of drug-likeness (QED) is 0.632. The number of likely N-dealkylation sites (tertiary alicyclic amines) is 1. The van der Waals surface area contributed by atoms with Gasteiger partial charge in [0.15, 0.2) is 11.5 Å². The van der Waals surface area contributed by atoms with Crippen LogP contribution in [0, 0.1) is 5.92 Å². The van der Waals surface area contributed by atoms with E-state index in [0.29, 0.717) is 30.6 Å². The first-order valence-electron chi connectivity index (χ1n) is 10.6. The molecule has 0 spiro atoms. The minimum Gasteiger partial charge on any atom is -0.490 e. The number of unbranched alkanes of at least 4 members (excludes halogenated alkanes) is 1. The van der Waals surface area contributed by atoms with Gasteiger partial charge in [0.1, 0.15) is 0 Å². The maximum atomic E-state index is 12.9. The van der Waals surface area contributed by atoms with E-state index in [2.05, 4.69) is 12.2 Å². The molecule has 1 amide bonds. The second-order valence-electron chi connectivity index (χ2n) is 7.71. The van der Waals surface area contributed by atoms with Gasteiger partial charge in [0.25, 0.3) is 5.91 Å². The minimum atomic E-state index is 0.0942. The number of hydrogen-bond acceptors (Lipinski definition) is 4. The molecule has 27 heavy (non-hydrogen) atoms. The fourth-order valence-corrected chi connectivity index (χ4v) is 3.48. The highest BCUT2D eigenvalue weighted by atomic mass is 16.5. The highest BCUT2D eigenvalue weighted by molar-refractivity contribution is 5.95. The van der Waals surface area contributed by atoms with Gasteiger partial charge in [-0.15, -0.1) is 0 Å². The molecule has 1 aliphatic carbocycles. The van der Waals surface area contributed by atoms with Crippen LogP contribution in [-0.4, -0.2) is 49.7 Å². The Morgan fingerprint density at radius 3 is 2.56 bits per heavy atom. The van der Waals surface area contributed by atoms with Crippen molar-refractivity contribution in [3.63, 3.8) is 0 Å². The highest BCUT2D eigenvalue weighted by Gasteiger charge is 2.26. The SMILES string of the molecule is CCCCOc1ccc(C(=O)N2CCC(NCC3CC3)CC2)cc1OCC. The number of carbonyl (C=O) groups is 1. The van der Waals surface area contributed by atoms with E-state index in [1.807, 2.05) is 30.0 Å². The molecule has 2 aliphatic rings. The number of ether oxygens (including phenoxy) is 2. The van der Waals surface area contributed by atoms with E-state index in [4.69, 9.17) is 9.47 Å². The summed E-state index contributed by atoms with van der Waals surface area (Å²) in [5, 5.41) is 3.67. The lowest BCUT2D eigenvalue weighted by atomic mass is 10.0. The Balaban J connectivity index is 1.56. The van der Waals surface area contributed by atoms with E-state index >= 15 is 0 Å². The molecule has 150 valence electrons.